The van der Waals surface area contributed by atoms with Crippen LogP contribution in [0.1, 0.15) is 40.0 Å². The number of methoxy groups -OCH3 is 3. The van der Waals surface area contributed by atoms with Gasteiger partial charge >= 0.3 is 5.97 Å². The molecule has 0 aliphatic carbocycles. The van der Waals surface area contributed by atoms with Gasteiger partial charge in [0.15, 0.2) is 23.0 Å². The lowest BCUT2D eigenvalue weighted by Gasteiger charge is -2.38. The van der Waals surface area contributed by atoms with Crippen LogP contribution in [0.25, 0.3) is 0 Å². The molecule has 0 radical (unpaired) electrons. The molecule has 0 bridgehead atoms. The molecule has 0 unspecified atom stereocenters. The van der Waals surface area contributed by atoms with Gasteiger partial charge in [-0.1, -0.05) is 103 Å². The molecule has 262 valence electrons. The van der Waals surface area contributed by atoms with Gasteiger partial charge < -0.3 is 37.9 Å². The van der Waals surface area contributed by atoms with Crippen LogP contribution < -0.4 is 18.9 Å². The summed E-state index contributed by atoms with van der Waals surface area (Å²) in [6.45, 7) is 0.164. The van der Waals surface area contributed by atoms with Crippen molar-refractivity contribution in [1.29, 1.82) is 0 Å². The molecule has 2 aliphatic heterocycles. The fourth-order valence-corrected chi connectivity index (χ4v) is 7.17. The Labute approximate surface area is 297 Å². The molecule has 4 atom stereocenters. The van der Waals surface area contributed by atoms with Crippen molar-refractivity contribution in [3.05, 3.63) is 155 Å². The number of fused-ring (bicyclic) bond motifs is 1. The maximum atomic E-state index is 14.3. The summed E-state index contributed by atoms with van der Waals surface area (Å²) in [7, 11) is 4.71. The summed E-state index contributed by atoms with van der Waals surface area (Å²) in [5.41, 5.74) is 3.23. The molecule has 1 fully saturated rings. The number of hydrogen-bond donors (Lipinski definition) is 0. The van der Waals surface area contributed by atoms with E-state index in [1.54, 1.807) is 21.3 Å². The molecule has 1 saturated heterocycles. The highest BCUT2D eigenvalue weighted by Gasteiger charge is 2.52. The van der Waals surface area contributed by atoms with Gasteiger partial charge in [0.2, 0.25) is 6.79 Å². The van der Waals surface area contributed by atoms with E-state index in [0.717, 1.165) is 27.8 Å². The van der Waals surface area contributed by atoms with Crippen LogP contribution in [0, 0.1) is 11.8 Å². The molecule has 2 heterocycles. The molecule has 9 nitrogen and oxygen atoms in total. The minimum Gasteiger partial charge on any atom is -0.493 e. The first kappa shape index (κ1) is 34.1. The second-order valence-electron chi connectivity index (χ2n) is 12.4. The largest absolute Gasteiger partial charge is 0.493 e. The second-order valence-corrected chi connectivity index (χ2v) is 12.4. The van der Waals surface area contributed by atoms with Crippen molar-refractivity contribution in [2.75, 3.05) is 41.5 Å². The standard InChI is InChI=1S/C42H40O9/c1-44-26-49-40(29-20-22-35-37(24-29)48-27-47-35)38-33(39(51-41(38)43)28-19-21-34(45-2)36(23-28)46-3)25-50-42(30-13-7-4-8-14-30,31-15-9-5-10-16-31)32-17-11-6-12-18-32/h4-24,33,38-40H,25-27H2,1-3H3/t33-,38+,39+,40-/m0/s1. The van der Waals surface area contributed by atoms with E-state index in [9.17, 15) is 4.79 Å². The average Bonchev–Trinajstić information content (AvgIpc) is 3.80. The smallest absolute Gasteiger partial charge is 0.313 e. The van der Waals surface area contributed by atoms with Crippen LogP contribution in [0.4, 0.5) is 0 Å². The first-order valence-corrected chi connectivity index (χ1v) is 16.8. The summed E-state index contributed by atoms with van der Waals surface area (Å²) in [4.78, 5) is 14.3. The molecule has 0 aromatic heterocycles. The average molecular weight is 689 g/mol. The number of esters is 1. The third kappa shape index (κ3) is 6.63. The van der Waals surface area contributed by atoms with Gasteiger partial charge in [0.05, 0.1) is 32.8 Å². The van der Waals surface area contributed by atoms with E-state index in [4.69, 9.17) is 37.9 Å². The molecule has 0 N–H and O–H groups in total. The summed E-state index contributed by atoms with van der Waals surface area (Å²) in [6.07, 6.45) is -1.49. The van der Waals surface area contributed by atoms with Crippen LogP contribution in [-0.4, -0.2) is 47.5 Å². The Morgan fingerprint density at radius 3 is 1.90 bits per heavy atom. The maximum Gasteiger partial charge on any atom is 0.313 e. The van der Waals surface area contributed by atoms with E-state index < -0.39 is 35.6 Å². The minimum absolute atomic E-state index is 0.0561. The Morgan fingerprint density at radius 2 is 1.31 bits per heavy atom. The normalized spacial score (nSPS) is 18.6. The Morgan fingerprint density at radius 1 is 0.706 bits per heavy atom. The number of carbonyl (C=O) groups excluding carboxylic acids is 1. The van der Waals surface area contributed by atoms with Gasteiger partial charge in [-0.3, -0.25) is 4.79 Å². The SMILES string of the molecule is COCO[C@@H](c1ccc2c(c1)OCO2)[C@@H]1C(=O)O[C@H](c2ccc(OC)c(OC)c2)[C@H]1COC(c1ccccc1)(c1ccccc1)c1ccccc1. The van der Waals surface area contributed by atoms with Gasteiger partial charge in [-0.2, -0.15) is 0 Å². The van der Waals surface area contributed by atoms with Crippen LogP contribution in [0.2, 0.25) is 0 Å². The monoisotopic (exact) mass is 688 g/mol. The van der Waals surface area contributed by atoms with E-state index >= 15 is 0 Å². The van der Waals surface area contributed by atoms with E-state index in [0.29, 0.717) is 23.0 Å². The lowest BCUT2D eigenvalue weighted by atomic mass is 9.78. The number of cyclic esters (lactones) is 1. The van der Waals surface area contributed by atoms with Gasteiger partial charge in [0, 0.05) is 13.0 Å². The van der Waals surface area contributed by atoms with Crippen LogP contribution >= 0.6 is 0 Å². The molecule has 2 aliphatic rings. The van der Waals surface area contributed by atoms with Crippen LogP contribution in [-0.2, 0) is 29.3 Å². The lowest BCUT2D eigenvalue weighted by Crippen LogP contribution is -2.37. The lowest BCUT2D eigenvalue weighted by molar-refractivity contribution is -0.152. The van der Waals surface area contributed by atoms with Gasteiger partial charge in [-0.25, -0.2) is 0 Å². The zero-order valence-corrected chi connectivity index (χ0v) is 28.7. The van der Waals surface area contributed by atoms with Crippen molar-refractivity contribution >= 4 is 5.97 Å². The third-order valence-corrected chi connectivity index (χ3v) is 9.55. The molecule has 0 spiro atoms. The highest BCUT2D eigenvalue weighted by atomic mass is 16.7. The summed E-state index contributed by atoms with van der Waals surface area (Å²) < 4.78 is 47.9. The Kier molecular flexibility index (Phi) is 10.2. The molecule has 5 aromatic carbocycles. The number of benzene rings is 5. The molecule has 9 heteroatoms. The van der Waals surface area contributed by atoms with Gasteiger partial charge in [0.25, 0.3) is 0 Å². The number of rotatable bonds is 14. The Balaban J connectivity index is 1.37. The zero-order valence-electron chi connectivity index (χ0n) is 28.7. The van der Waals surface area contributed by atoms with Crippen molar-refractivity contribution in [3.63, 3.8) is 0 Å². The highest BCUT2D eigenvalue weighted by molar-refractivity contribution is 5.77. The zero-order chi connectivity index (χ0) is 35.2. The van der Waals surface area contributed by atoms with Crippen molar-refractivity contribution in [2.24, 2.45) is 11.8 Å². The summed E-state index contributed by atoms with van der Waals surface area (Å²) >= 11 is 0. The van der Waals surface area contributed by atoms with E-state index in [-0.39, 0.29) is 20.2 Å². The van der Waals surface area contributed by atoms with Gasteiger partial charge in [-0.05, 0) is 52.1 Å². The summed E-state index contributed by atoms with van der Waals surface area (Å²) in [5, 5.41) is 0. The molecular weight excluding hydrogens is 648 g/mol. The second kappa shape index (κ2) is 15.3. The Bertz CT molecular complexity index is 1820. The quantitative estimate of drug-likeness (QED) is 0.0664. The van der Waals surface area contributed by atoms with Gasteiger partial charge in [0.1, 0.15) is 18.5 Å². The predicted molar refractivity (Wildman–Crippen MR) is 189 cm³/mol. The number of ether oxygens (including phenoxy) is 8. The van der Waals surface area contributed by atoms with Crippen molar-refractivity contribution < 1.29 is 42.7 Å². The summed E-state index contributed by atoms with van der Waals surface area (Å²) in [6, 6.07) is 41.5. The minimum atomic E-state index is -1.04. The predicted octanol–water partition coefficient (Wildman–Crippen LogP) is 7.63. The number of hydrogen-bond acceptors (Lipinski definition) is 9. The van der Waals surface area contributed by atoms with Crippen molar-refractivity contribution in [3.8, 4) is 23.0 Å². The summed E-state index contributed by atoms with van der Waals surface area (Å²) in [5.74, 6) is 0.506. The third-order valence-electron chi connectivity index (χ3n) is 9.55. The molecule has 51 heavy (non-hydrogen) atoms. The fraction of sp³-hybridized carbons (Fsp3) is 0.262. The van der Waals surface area contributed by atoms with Gasteiger partial charge in [-0.15, -0.1) is 0 Å². The molecule has 7 rings (SSSR count). The highest BCUT2D eigenvalue weighted by Crippen LogP contribution is 2.50. The first-order chi connectivity index (χ1) is 25.1. The molecule has 0 saturated carbocycles. The first-order valence-electron chi connectivity index (χ1n) is 16.8. The van der Waals surface area contributed by atoms with Crippen molar-refractivity contribution in [1.82, 2.24) is 0 Å². The molecule has 5 aromatic rings. The van der Waals surface area contributed by atoms with E-state index in [2.05, 4.69) is 36.4 Å². The number of carbonyl (C=O) groups is 1. The van der Waals surface area contributed by atoms with Crippen LogP contribution in [0.15, 0.2) is 127 Å². The maximum absolute atomic E-state index is 14.3. The topological polar surface area (TPSA) is 90.9 Å². The fourth-order valence-electron chi connectivity index (χ4n) is 7.17. The molecule has 0 amide bonds. The van der Waals surface area contributed by atoms with Crippen LogP contribution in [0.3, 0.4) is 0 Å². The van der Waals surface area contributed by atoms with Crippen molar-refractivity contribution in [2.45, 2.75) is 17.8 Å². The van der Waals surface area contributed by atoms with E-state index in [1.165, 1.54) is 0 Å². The Hall–Kier alpha value is -5.35. The van der Waals surface area contributed by atoms with Crippen LogP contribution in [0.5, 0.6) is 23.0 Å². The van der Waals surface area contributed by atoms with E-state index in [1.807, 2.05) is 91.0 Å². The molecular formula is C42H40O9.